The maximum absolute atomic E-state index is 9.65. The van der Waals surface area contributed by atoms with Crippen LogP contribution in [-0.2, 0) is 6.42 Å². The summed E-state index contributed by atoms with van der Waals surface area (Å²) in [4.78, 5) is 10.9. The summed E-state index contributed by atoms with van der Waals surface area (Å²) in [7, 11) is 1.69. The van der Waals surface area contributed by atoms with E-state index in [0.29, 0.717) is 5.69 Å². The van der Waals surface area contributed by atoms with Crippen LogP contribution in [0.4, 0.5) is 0 Å². The number of nitrogens with zero attached hydrogens (tertiary/aromatic N) is 3. The Hall–Kier alpha value is -1.42. The fraction of sp³-hybridized carbons (Fsp3) is 0.625. The number of hydrogen-bond donors (Lipinski definition) is 1. The zero-order valence-electron chi connectivity index (χ0n) is 12.4. The molecule has 0 atom stereocenters. The molecule has 1 aliphatic heterocycles. The SMILES string of the molecule is CN=Cc1nc(CCCCN2CCCCC2)ccc1O. The van der Waals surface area contributed by atoms with Crippen LogP contribution in [0, 0.1) is 0 Å². The second kappa shape index (κ2) is 8.00. The molecule has 0 unspecified atom stereocenters. The monoisotopic (exact) mass is 275 g/mol. The average Bonchev–Trinajstić information content (AvgIpc) is 2.48. The molecule has 1 saturated heterocycles. The number of likely N-dealkylation sites (tertiary alicyclic amines) is 1. The minimum atomic E-state index is 0.202. The number of rotatable bonds is 6. The van der Waals surface area contributed by atoms with Gasteiger partial charge in [0.1, 0.15) is 11.4 Å². The molecule has 4 nitrogen and oxygen atoms in total. The Labute approximate surface area is 121 Å². The zero-order chi connectivity index (χ0) is 14.2. The van der Waals surface area contributed by atoms with Crippen molar-refractivity contribution in [1.82, 2.24) is 9.88 Å². The van der Waals surface area contributed by atoms with Crippen LogP contribution in [0.15, 0.2) is 17.1 Å². The molecule has 0 bridgehead atoms. The van der Waals surface area contributed by atoms with E-state index >= 15 is 0 Å². The van der Waals surface area contributed by atoms with E-state index in [9.17, 15) is 5.11 Å². The lowest BCUT2D eigenvalue weighted by Crippen LogP contribution is -2.30. The van der Waals surface area contributed by atoms with Crippen molar-refractivity contribution in [3.8, 4) is 5.75 Å². The second-order valence-corrected chi connectivity index (χ2v) is 5.45. The molecule has 1 N–H and O–H groups in total. The van der Waals surface area contributed by atoms with Gasteiger partial charge in [-0.1, -0.05) is 6.42 Å². The maximum Gasteiger partial charge on any atom is 0.142 e. The Morgan fingerprint density at radius 2 is 2.05 bits per heavy atom. The molecule has 1 aromatic rings. The summed E-state index contributed by atoms with van der Waals surface area (Å²) in [6.45, 7) is 3.75. The number of unbranched alkanes of at least 4 members (excludes halogenated alkanes) is 1. The molecule has 110 valence electrons. The third-order valence-electron chi connectivity index (χ3n) is 3.82. The van der Waals surface area contributed by atoms with E-state index in [1.54, 1.807) is 19.3 Å². The van der Waals surface area contributed by atoms with E-state index < -0.39 is 0 Å². The molecule has 20 heavy (non-hydrogen) atoms. The number of hydrogen-bond acceptors (Lipinski definition) is 4. The molecule has 2 rings (SSSR count). The first-order valence-corrected chi connectivity index (χ1v) is 7.63. The summed E-state index contributed by atoms with van der Waals surface area (Å²) < 4.78 is 0. The number of aromatic hydroxyl groups is 1. The van der Waals surface area contributed by atoms with Gasteiger partial charge < -0.3 is 10.0 Å². The van der Waals surface area contributed by atoms with E-state index in [1.807, 2.05) is 6.07 Å². The van der Waals surface area contributed by atoms with E-state index in [1.165, 1.54) is 45.3 Å². The van der Waals surface area contributed by atoms with Gasteiger partial charge in [-0.05, 0) is 63.9 Å². The van der Waals surface area contributed by atoms with Crippen LogP contribution in [0.5, 0.6) is 5.75 Å². The van der Waals surface area contributed by atoms with Gasteiger partial charge in [-0.3, -0.25) is 4.99 Å². The van der Waals surface area contributed by atoms with Gasteiger partial charge >= 0.3 is 0 Å². The standard InChI is InChI=1S/C16H25N3O/c1-17-13-15-16(20)9-8-14(18-15)7-3-6-12-19-10-4-2-5-11-19/h8-9,13,20H,2-7,10-12H2,1H3. The van der Waals surface area contributed by atoms with E-state index in [0.717, 1.165) is 18.5 Å². The van der Waals surface area contributed by atoms with E-state index in [-0.39, 0.29) is 5.75 Å². The summed E-state index contributed by atoms with van der Waals surface area (Å²) in [5.74, 6) is 0.202. The summed E-state index contributed by atoms with van der Waals surface area (Å²) in [5.41, 5.74) is 1.61. The van der Waals surface area contributed by atoms with Gasteiger partial charge in [0.05, 0.1) is 6.21 Å². The van der Waals surface area contributed by atoms with Crippen molar-refractivity contribution >= 4 is 6.21 Å². The highest BCUT2D eigenvalue weighted by atomic mass is 16.3. The van der Waals surface area contributed by atoms with Gasteiger partial charge in [-0.2, -0.15) is 0 Å². The van der Waals surface area contributed by atoms with Crippen LogP contribution < -0.4 is 0 Å². The fourth-order valence-corrected chi connectivity index (χ4v) is 2.69. The van der Waals surface area contributed by atoms with Crippen LogP contribution in [0.3, 0.4) is 0 Å². The van der Waals surface area contributed by atoms with Crippen molar-refractivity contribution in [3.05, 3.63) is 23.5 Å². The number of aromatic nitrogens is 1. The third kappa shape index (κ3) is 4.60. The van der Waals surface area contributed by atoms with Crippen LogP contribution in [0.25, 0.3) is 0 Å². The van der Waals surface area contributed by atoms with Gasteiger partial charge in [0, 0.05) is 12.7 Å². The molecule has 0 spiro atoms. The third-order valence-corrected chi connectivity index (χ3v) is 3.82. The molecule has 0 radical (unpaired) electrons. The number of pyridine rings is 1. The Kier molecular flexibility index (Phi) is 5.99. The van der Waals surface area contributed by atoms with Crippen LogP contribution >= 0.6 is 0 Å². The van der Waals surface area contributed by atoms with Crippen LogP contribution in [0.2, 0.25) is 0 Å². The molecule has 1 aliphatic rings. The smallest absolute Gasteiger partial charge is 0.142 e. The van der Waals surface area contributed by atoms with Crippen molar-refractivity contribution < 1.29 is 5.11 Å². The molecule has 0 aromatic carbocycles. The lowest BCUT2D eigenvalue weighted by atomic mass is 10.1. The number of piperidine rings is 1. The summed E-state index contributed by atoms with van der Waals surface area (Å²) in [6, 6.07) is 3.62. The van der Waals surface area contributed by atoms with Crippen molar-refractivity contribution in [1.29, 1.82) is 0 Å². The van der Waals surface area contributed by atoms with Crippen LogP contribution in [-0.4, -0.2) is 47.9 Å². The molecule has 1 aromatic heterocycles. The first-order chi connectivity index (χ1) is 9.79. The normalized spacial score (nSPS) is 16.9. The first-order valence-electron chi connectivity index (χ1n) is 7.63. The summed E-state index contributed by atoms with van der Waals surface area (Å²) >= 11 is 0. The van der Waals surface area contributed by atoms with Gasteiger partial charge in [0.15, 0.2) is 0 Å². The number of aliphatic imine (C=N–C) groups is 1. The first kappa shape index (κ1) is 15.0. The highest BCUT2D eigenvalue weighted by molar-refractivity contribution is 5.80. The second-order valence-electron chi connectivity index (χ2n) is 5.45. The fourth-order valence-electron chi connectivity index (χ4n) is 2.69. The summed E-state index contributed by atoms with van der Waals surface area (Å²) in [6.07, 6.45) is 9.07. The maximum atomic E-state index is 9.65. The van der Waals surface area contributed by atoms with E-state index in [2.05, 4.69) is 14.9 Å². The predicted molar refractivity (Wildman–Crippen MR) is 82.6 cm³/mol. The highest BCUT2D eigenvalue weighted by Gasteiger charge is 2.09. The topological polar surface area (TPSA) is 48.7 Å². The Balaban J connectivity index is 1.74. The van der Waals surface area contributed by atoms with Gasteiger partial charge in [-0.25, -0.2) is 4.98 Å². The lowest BCUT2D eigenvalue weighted by molar-refractivity contribution is 0.225. The Bertz CT molecular complexity index is 439. The minimum absolute atomic E-state index is 0.202. The minimum Gasteiger partial charge on any atom is -0.506 e. The van der Waals surface area contributed by atoms with E-state index in [4.69, 9.17) is 0 Å². The Morgan fingerprint density at radius 3 is 2.80 bits per heavy atom. The van der Waals surface area contributed by atoms with Gasteiger partial charge in [-0.15, -0.1) is 0 Å². The average molecular weight is 275 g/mol. The molecular formula is C16H25N3O. The number of aryl methyl sites for hydroxylation is 1. The quantitative estimate of drug-likeness (QED) is 0.641. The zero-order valence-corrected chi connectivity index (χ0v) is 12.4. The largest absolute Gasteiger partial charge is 0.506 e. The van der Waals surface area contributed by atoms with Crippen molar-refractivity contribution in [3.63, 3.8) is 0 Å². The van der Waals surface area contributed by atoms with Gasteiger partial charge in [0.25, 0.3) is 0 Å². The molecule has 2 heterocycles. The van der Waals surface area contributed by atoms with Crippen molar-refractivity contribution in [2.24, 2.45) is 4.99 Å². The van der Waals surface area contributed by atoms with Crippen LogP contribution in [0.1, 0.15) is 43.5 Å². The molecular weight excluding hydrogens is 250 g/mol. The van der Waals surface area contributed by atoms with Crippen molar-refractivity contribution in [2.75, 3.05) is 26.7 Å². The van der Waals surface area contributed by atoms with Crippen molar-refractivity contribution in [2.45, 2.75) is 38.5 Å². The molecule has 0 amide bonds. The molecule has 1 fully saturated rings. The predicted octanol–water partition coefficient (Wildman–Crippen LogP) is 2.64. The molecule has 0 aliphatic carbocycles. The molecule has 0 saturated carbocycles. The lowest BCUT2D eigenvalue weighted by Gasteiger charge is -2.26. The molecule has 4 heteroatoms. The van der Waals surface area contributed by atoms with Gasteiger partial charge in [0.2, 0.25) is 0 Å². The summed E-state index contributed by atoms with van der Waals surface area (Å²) in [5, 5.41) is 9.65. The highest BCUT2D eigenvalue weighted by Crippen LogP contribution is 2.15. The Morgan fingerprint density at radius 1 is 1.25 bits per heavy atom.